The van der Waals surface area contributed by atoms with Crippen molar-refractivity contribution >= 4 is 11.6 Å². The second-order valence-corrected chi connectivity index (χ2v) is 6.66. The number of nitrogens with zero attached hydrogens (tertiary/aromatic N) is 2. The number of ether oxygens (including phenoxy) is 1. The number of anilines is 1. The molecule has 144 valence electrons. The van der Waals surface area contributed by atoms with Crippen LogP contribution in [0.2, 0.25) is 0 Å². The van der Waals surface area contributed by atoms with Gasteiger partial charge in [-0.2, -0.15) is 0 Å². The minimum Gasteiger partial charge on any atom is -0.477 e. The first kappa shape index (κ1) is 18.0. The molecule has 0 aliphatic carbocycles. The molecule has 4 rings (SSSR count). The topological polar surface area (TPSA) is 67.6 Å². The monoisotopic (exact) mass is 381 g/mol. The van der Waals surface area contributed by atoms with Gasteiger partial charge in [-0.3, -0.25) is 4.79 Å². The van der Waals surface area contributed by atoms with Crippen molar-refractivity contribution in [2.45, 2.75) is 19.6 Å². The summed E-state index contributed by atoms with van der Waals surface area (Å²) in [4.78, 5) is 14.2. The molecule has 0 saturated heterocycles. The van der Waals surface area contributed by atoms with Crippen molar-refractivity contribution in [1.82, 2.24) is 10.5 Å². The number of carbonyl (C=O) groups excluding carboxylic acids is 1. The Hall–Kier alpha value is -3.35. The van der Waals surface area contributed by atoms with Crippen LogP contribution in [0.3, 0.4) is 0 Å². The van der Waals surface area contributed by atoms with Gasteiger partial charge in [0.05, 0.1) is 18.8 Å². The summed E-state index contributed by atoms with van der Waals surface area (Å²) >= 11 is 0. The van der Waals surface area contributed by atoms with Crippen molar-refractivity contribution < 1.29 is 18.4 Å². The number of nitrogens with one attached hydrogen (secondary N) is 1. The maximum absolute atomic E-state index is 13.2. The van der Waals surface area contributed by atoms with Crippen molar-refractivity contribution in [3.05, 3.63) is 65.6 Å². The fourth-order valence-corrected chi connectivity index (χ4v) is 3.32. The zero-order chi connectivity index (χ0) is 19.7. The van der Waals surface area contributed by atoms with Gasteiger partial charge in [0, 0.05) is 18.2 Å². The van der Waals surface area contributed by atoms with Crippen LogP contribution in [0.4, 0.5) is 10.1 Å². The van der Waals surface area contributed by atoms with Gasteiger partial charge in [0.25, 0.3) is 5.91 Å². The van der Waals surface area contributed by atoms with E-state index in [-0.39, 0.29) is 11.7 Å². The number of hydrogen-bond acceptors (Lipinski definition) is 5. The number of amides is 1. The predicted molar refractivity (Wildman–Crippen MR) is 103 cm³/mol. The van der Waals surface area contributed by atoms with E-state index in [1.165, 1.54) is 12.1 Å². The third-order valence-corrected chi connectivity index (χ3v) is 4.87. The minimum absolute atomic E-state index is 0.177. The minimum atomic E-state index is -0.608. The van der Waals surface area contributed by atoms with Crippen LogP contribution in [-0.2, 0) is 11.3 Å². The zero-order valence-corrected chi connectivity index (χ0v) is 15.6. The van der Waals surface area contributed by atoms with Gasteiger partial charge >= 0.3 is 0 Å². The number of rotatable bonds is 4. The van der Waals surface area contributed by atoms with Gasteiger partial charge < -0.3 is 19.5 Å². The molecule has 1 aliphatic heterocycles. The van der Waals surface area contributed by atoms with Crippen molar-refractivity contribution in [2.24, 2.45) is 0 Å². The number of fused-ring (bicyclic) bond motifs is 1. The first-order chi connectivity index (χ1) is 13.6. The van der Waals surface area contributed by atoms with Crippen LogP contribution >= 0.6 is 0 Å². The predicted octanol–water partition coefficient (Wildman–Crippen LogP) is 3.30. The molecule has 1 atom stereocenters. The molecule has 0 saturated carbocycles. The van der Waals surface area contributed by atoms with Crippen molar-refractivity contribution in [3.8, 4) is 17.1 Å². The van der Waals surface area contributed by atoms with Crippen LogP contribution < -0.4 is 15.0 Å². The van der Waals surface area contributed by atoms with E-state index in [4.69, 9.17) is 9.26 Å². The van der Waals surface area contributed by atoms with Gasteiger partial charge in [0.2, 0.25) is 0 Å². The Labute approximate surface area is 161 Å². The van der Waals surface area contributed by atoms with Gasteiger partial charge in [0.1, 0.15) is 17.3 Å². The Bertz CT molecular complexity index is 1000. The lowest BCUT2D eigenvalue weighted by atomic mass is 10.1. The second kappa shape index (κ2) is 7.34. The molecule has 0 fully saturated rings. The molecule has 1 aliphatic rings. The molecule has 2 heterocycles. The number of halogens is 1. The Morgan fingerprint density at radius 1 is 1.25 bits per heavy atom. The Balaban J connectivity index is 1.63. The molecule has 1 N–H and O–H groups in total. The summed E-state index contributed by atoms with van der Waals surface area (Å²) in [6.45, 7) is 2.78. The fraction of sp³-hybridized carbons (Fsp3) is 0.238. The maximum Gasteiger partial charge on any atom is 0.262 e. The normalized spacial score (nSPS) is 15.7. The third kappa shape index (κ3) is 3.31. The highest BCUT2D eigenvalue weighted by atomic mass is 19.1. The zero-order valence-electron chi connectivity index (χ0n) is 15.6. The van der Waals surface area contributed by atoms with Crippen molar-refractivity contribution in [3.63, 3.8) is 0 Å². The first-order valence-electron chi connectivity index (χ1n) is 9.00. The molecule has 1 amide bonds. The Morgan fingerprint density at radius 2 is 2.00 bits per heavy atom. The van der Waals surface area contributed by atoms with Gasteiger partial charge in [-0.1, -0.05) is 17.3 Å². The van der Waals surface area contributed by atoms with Crippen molar-refractivity contribution in [1.29, 1.82) is 0 Å². The lowest BCUT2D eigenvalue weighted by Crippen LogP contribution is -2.48. The number of likely N-dealkylation sites (N-methyl/N-ethyl adjacent to an activating group) is 1. The quantitative estimate of drug-likeness (QED) is 0.751. The molecule has 0 radical (unpaired) electrons. The standard InChI is InChI=1S/C21H20FN3O3/c1-13-16(24-28-20(13)14-7-9-15(22)10-8-14)11-25-12-19(21(26)23-2)27-18-6-4-3-5-17(18)25/h3-10,19H,11-12H2,1-2H3,(H,23,26)/t19-/m1/s1. The van der Waals surface area contributed by atoms with E-state index in [1.807, 2.05) is 31.2 Å². The molecule has 7 heteroatoms. The molecule has 3 aromatic rings. The molecular formula is C21H20FN3O3. The van der Waals surface area contributed by atoms with E-state index in [2.05, 4.69) is 15.4 Å². The highest BCUT2D eigenvalue weighted by molar-refractivity contribution is 5.83. The lowest BCUT2D eigenvalue weighted by Gasteiger charge is -2.35. The highest BCUT2D eigenvalue weighted by Crippen LogP contribution is 2.35. The number of aromatic nitrogens is 1. The molecule has 28 heavy (non-hydrogen) atoms. The average Bonchev–Trinajstić information content (AvgIpc) is 3.08. The summed E-state index contributed by atoms with van der Waals surface area (Å²) in [7, 11) is 1.59. The van der Waals surface area contributed by atoms with E-state index in [1.54, 1.807) is 19.2 Å². The summed E-state index contributed by atoms with van der Waals surface area (Å²) < 4.78 is 24.6. The van der Waals surface area contributed by atoms with Crippen LogP contribution in [0, 0.1) is 12.7 Å². The molecule has 0 bridgehead atoms. The maximum atomic E-state index is 13.2. The number of para-hydroxylation sites is 2. The number of benzene rings is 2. The molecular weight excluding hydrogens is 361 g/mol. The summed E-state index contributed by atoms with van der Waals surface area (Å²) in [5.41, 5.74) is 3.30. The fourth-order valence-electron chi connectivity index (χ4n) is 3.32. The Morgan fingerprint density at radius 3 is 2.75 bits per heavy atom. The third-order valence-electron chi connectivity index (χ3n) is 4.87. The van der Waals surface area contributed by atoms with E-state index in [9.17, 15) is 9.18 Å². The van der Waals surface area contributed by atoms with Crippen LogP contribution in [0.1, 0.15) is 11.3 Å². The van der Waals surface area contributed by atoms with Gasteiger partial charge in [0.15, 0.2) is 11.9 Å². The summed E-state index contributed by atoms with van der Waals surface area (Å²) in [6, 6.07) is 13.7. The van der Waals surface area contributed by atoms with E-state index < -0.39 is 6.10 Å². The molecule has 0 spiro atoms. The van der Waals surface area contributed by atoms with E-state index in [0.29, 0.717) is 24.6 Å². The summed E-state index contributed by atoms with van der Waals surface area (Å²) in [6.07, 6.45) is -0.608. The molecule has 1 aromatic heterocycles. The van der Waals surface area contributed by atoms with Crippen LogP contribution in [-0.4, -0.2) is 30.8 Å². The first-order valence-corrected chi connectivity index (χ1v) is 9.00. The molecule has 0 unspecified atom stereocenters. The van der Waals surface area contributed by atoms with Crippen LogP contribution in [0.25, 0.3) is 11.3 Å². The second-order valence-electron chi connectivity index (χ2n) is 6.66. The SMILES string of the molecule is CNC(=O)[C@H]1CN(Cc2noc(-c3ccc(F)cc3)c2C)c2ccccc2O1. The van der Waals surface area contributed by atoms with E-state index >= 15 is 0 Å². The van der Waals surface area contributed by atoms with Crippen molar-refractivity contribution in [2.75, 3.05) is 18.5 Å². The molecule has 2 aromatic carbocycles. The van der Waals surface area contributed by atoms with Crippen LogP contribution in [0.5, 0.6) is 5.75 Å². The van der Waals surface area contributed by atoms with Gasteiger partial charge in [-0.25, -0.2) is 4.39 Å². The smallest absolute Gasteiger partial charge is 0.262 e. The van der Waals surface area contributed by atoms with Crippen LogP contribution in [0.15, 0.2) is 53.1 Å². The summed E-state index contributed by atoms with van der Waals surface area (Å²) in [5.74, 6) is 0.788. The van der Waals surface area contributed by atoms with Gasteiger partial charge in [-0.05, 0) is 43.3 Å². The van der Waals surface area contributed by atoms with Gasteiger partial charge in [-0.15, -0.1) is 0 Å². The summed E-state index contributed by atoms with van der Waals surface area (Å²) in [5, 5.41) is 6.86. The van der Waals surface area contributed by atoms with E-state index in [0.717, 1.165) is 22.5 Å². The number of hydrogen-bond donors (Lipinski definition) is 1. The lowest BCUT2D eigenvalue weighted by molar-refractivity contribution is -0.127. The number of carbonyl (C=O) groups is 1. The largest absolute Gasteiger partial charge is 0.477 e. The Kier molecular flexibility index (Phi) is 4.73. The average molecular weight is 381 g/mol. The highest BCUT2D eigenvalue weighted by Gasteiger charge is 2.31. The molecule has 6 nitrogen and oxygen atoms in total.